The fraction of sp³-hybridized carbons (Fsp3) is 0.267. The fourth-order valence-electron chi connectivity index (χ4n) is 2.84. The van der Waals surface area contributed by atoms with Crippen molar-refractivity contribution in [3.8, 4) is 0 Å². The van der Waals surface area contributed by atoms with Gasteiger partial charge in [-0.15, -0.1) is 10.2 Å². The van der Waals surface area contributed by atoms with E-state index in [2.05, 4.69) is 10.2 Å². The van der Waals surface area contributed by atoms with Crippen LogP contribution in [0.25, 0.3) is 0 Å². The maximum absolute atomic E-state index is 14.0. The van der Waals surface area contributed by atoms with Crippen LogP contribution in [0.1, 0.15) is 12.9 Å². The molecule has 0 bridgehead atoms. The van der Waals surface area contributed by atoms with E-state index in [0.29, 0.717) is 5.82 Å². The van der Waals surface area contributed by atoms with Crippen molar-refractivity contribution in [2.45, 2.75) is 5.92 Å². The second kappa shape index (κ2) is 7.47. The molecule has 0 saturated carbocycles. The van der Waals surface area contributed by atoms with Crippen LogP contribution in [-0.4, -0.2) is 34.4 Å². The van der Waals surface area contributed by atoms with Gasteiger partial charge < -0.3 is 11.4 Å². The Labute approximate surface area is 155 Å². The molecule has 0 spiro atoms. The Balaban J connectivity index is 0.00000156. The molecule has 0 aliphatic carbocycles. The van der Waals surface area contributed by atoms with E-state index in [4.69, 9.17) is 11.6 Å². The van der Waals surface area contributed by atoms with Crippen molar-refractivity contribution in [1.82, 2.24) is 10.2 Å². The first-order valence-electron chi connectivity index (χ1n) is 6.87. The molecule has 24 heavy (non-hydrogen) atoms. The molecule has 0 unspecified atom stereocenters. The first-order chi connectivity index (χ1) is 11.0. The molecule has 2 heterocycles. The number of aromatic nitrogens is 2. The third kappa shape index (κ3) is 3.69. The molecule has 0 radical (unpaired) electrons. The SMILES string of the molecule is O=C(O)[C@@H]1CN(c2ccc(Cl)nn2)C[C@H]1c1ccc(F)cc1F.[H-].[Li+]. The van der Waals surface area contributed by atoms with Crippen LogP contribution >= 0.6 is 11.6 Å². The maximum Gasteiger partial charge on any atom is 1.00 e. The van der Waals surface area contributed by atoms with Gasteiger partial charge in [0.1, 0.15) is 11.6 Å². The fourth-order valence-corrected chi connectivity index (χ4v) is 2.94. The van der Waals surface area contributed by atoms with Crippen molar-refractivity contribution >= 4 is 23.4 Å². The Kier molecular flexibility index (Phi) is 5.81. The van der Waals surface area contributed by atoms with E-state index < -0.39 is 29.4 Å². The third-order valence-corrected chi connectivity index (χ3v) is 4.14. The minimum atomic E-state index is -1.04. The number of aliphatic carboxylic acids is 1. The molecule has 122 valence electrons. The van der Waals surface area contributed by atoms with Gasteiger partial charge in [0.05, 0.1) is 5.92 Å². The summed E-state index contributed by atoms with van der Waals surface area (Å²) in [7, 11) is 0. The van der Waals surface area contributed by atoms with Crippen LogP contribution in [-0.2, 0) is 4.79 Å². The average molecular weight is 348 g/mol. The third-order valence-electron chi connectivity index (χ3n) is 3.94. The zero-order chi connectivity index (χ0) is 16.6. The molecule has 0 amide bonds. The van der Waals surface area contributed by atoms with Gasteiger partial charge in [-0.3, -0.25) is 4.79 Å². The van der Waals surface area contributed by atoms with E-state index in [-0.39, 0.29) is 44.1 Å². The van der Waals surface area contributed by atoms with Gasteiger partial charge in [0, 0.05) is 25.1 Å². The topological polar surface area (TPSA) is 66.3 Å². The molecular weight excluding hydrogens is 335 g/mol. The van der Waals surface area contributed by atoms with Crippen molar-refractivity contribution < 1.29 is 39.0 Å². The molecule has 1 aromatic heterocycles. The predicted molar refractivity (Wildman–Crippen MR) is 80.6 cm³/mol. The zero-order valence-corrected chi connectivity index (χ0v) is 13.5. The molecular formula is C15H13ClF2LiN3O2. The summed E-state index contributed by atoms with van der Waals surface area (Å²) >= 11 is 5.69. The van der Waals surface area contributed by atoms with Crippen LogP contribution in [0.2, 0.25) is 5.15 Å². The number of halogens is 3. The maximum atomic E-state index is 14.0. The Bertz CT molecular complexity index is 754. The van der Waals surface area contributed by atoms with Crippen molar-refractivity contribution in [2.24, 2.45) is 5.92 Å². The summed E-state index contributed by atoms with van der Waals surface area (Å²) in [5.74, 6) is -3.45. The van der Waals surface area contributed by atoms with Gasteiger partial charge >= 0.3 is 24.8 Å². The van der Waals surface area contributed by atoms with Gasteiger partial charge in [-0.05, 0) is 23.8 Å². The van der Waals surface area contributed by atoms with Crippen molar-refractivity contribution in [1.29, 1.82) is 0 Å². The molecule has 2 atom stereocenters. The average Bonchev–Trinajstić information content (AvgIpc) is 2.93. The summed E-state index contributed by atoms with van der Waals surface area (Å²) in [5.41, 5.74) is 0.184. The second-order valence-electron chi connectivity index (χ2n) is 5.34. The first-order valence-corrected chi connectivity index (χ1v) is 7.25. The van der Waals surface area contributed by atoms with E-state index in [9.17, 15) is 18.7 Å². The van der Waals surface area contributed by atoms with E-state index in [1.54, 1.807) is 17.0 Å². The Morgan fingerprint density at radius 1 is 1.25 bits per heavy atom. The predicted octanol–water partition coefficient (Wildman–Crippen LogP) is -0.171. The van der Waals surface area contributed by atoms with Gasteiger partial charge in [-0.25, -0.2) is 8.78 Å². The summed E-state index contributed by atoms with van der Waals surface area (Å²) in [4.78, 5) is 13.2. The smallest absolute Gasteiger partial charge is 1.00 e. The molecule has 5 nitrogen and oxygen atoms in total. The number of benzene rings is 1. The number of carbonyl (C=O) groups is 1. The summed E-state index contributed by atoms with van der Waals surface area (Å²) in [5, 5.41) is 17.3. The summed E-state index contributed by atoms with van der Waals surface area (Å²) < 4.78 is 27.1. The molecule has 1 aromatic carbocycles. The van der Waals surface area contributed by atoms with E-state index in [0.717, 1.165) is 12.1 Å². The van der Waals surface area contributed by atoms with E-state index in [1.165, 1.54) is 6.07 Å². The van der Waals surface area contributed by atoms with Crippen LogP contribution in [0.5, 0.6) is 0 Å². The number of nitrogens with zero attached hydrogens (tertiary/aromatic N) is 3. The second-order valence-corrected chi connectivity index (χ2v) is 5.72. The number of rotatable bonds is 3. The van der Waals surface area contributed by atoms with Gasteiger partial charge in [0.25, 0.3) is 0 Å². The standard InChI is InChI=1S/C15H12ClF2N3O2.Li.H/c16-13-3-4-14(20-19-13)21-6-10(11(7-21)15(22)23)9-2-1-8(17)5-12(9)18;;/h1-5,10-11H,6-7H2,(H,22,23);;/q;+1;-1/t10-,11+;;/m0../s1. The van der Waals surface area contributed by atoms with Crippen molar-refractivity contribution in [3.63, 3.8) is 0 Å². The Hall–Kier alpha value is -1.68. The van der Waals surface area contributed by atoms with Gasteiger partial charge in [-0.2, -0.15) is 0 Å². The molecule has 1 saturated heterocycles. The van der Waals surface area contributed by atoms with Crippen LogP contribution in [0.3, 0.4) is 0 Å². The van der Waals surface area contributed by atoms with Gasteiger partial charge in [0.2, 0.25) is 0 Å². The summed E-state index contributed by atoms with van der Waals surface area (Å²) in [6, 6.07) is 6.35. The normalized spacial score (nSPS) is 19.9. The van der Waals surface area contributed by atoms with E-state index >= 15 is 0 Å². The summed E-state index contributed by atoms with van der Waals surface area (Å²) in [6.45, 7) is 0.406. The Morgan fingerprint density at radius 2 is 2.00 bits per heavy atom. The van der Waals surface area contributed by atoms with Crippen LogP contribution < -0.4 is 23.8 Å². The first kappa shape index (κ1) is 18.7. The van der Waals surface area contributed by atoms with Gasteiger partial charge in [-0.1, -0.05) is 17.7 Å². The van der Waals surface area contributed by atoms with Crippen molar-refractivity contribution in [3.05, 3.63) is 52.7 Å². The zero-order valence-electron chi connectivity index (χ0n) is 13.8. The molecule has 1 N–H and O–H groups in total. The number of anilines is 1. The molecule has 9 heteroatoms. The quantitative estimate of drug-likeness (QED) is 0.781. The van der Waals surface area contributed by atoms with Crippen LogP contribution in [0.15, 0.2) is 30.3 Å². The number of hydrogen-bond acceptors (Lipinski definition) is 4. The van der Waals surface area contributed by atoms with Crippen molar-refractivity contribution in [2.75, 3.05) is 18.0 Å². The Morgan fingerprint density at radius 3 is 2.58 bits per heavy atom. The molecule has 1 fully saturated rings. The molecule has 1 aliphatic rings. The summed E-state index contributed by atoms with van der Waals surface area (Å²) in [6.07, 6.45) is 0. The minimum Gasteiger partial charge on any atom is -1.00 e. The number of carboxylic acid groups (broad SMARTS) is 1. The molecule has 3 rings (SSSR count). The van der Waals surface area contributed by atoms with E-state index in [1.807, 2.05) is 0 Å². The molecule has 1 aliphatic heterocycles. The van der Waals surface area contributed by atoms with Gasteiger partial charge in [0.15, 0.2) is 11.0 Å². The number of carboxylic acids is 1. The largest absolute Gasteiger partial charge is 1.00 e. The van der Waals surface area contributed by atoms with Crippen LogP contribution in [0, 0.1) is 17.6 Å². The minimum absolute atomic E-state index is 0. The van der Waals surface area contributed by atoms with Crippen LogP contribution in [0.4, 0.5) is 14.6 Å². The molecule has 2 aromatic rings. The number of hydrogen-bond donors (Lipinski definition) is 1. The monoisotopic (exact) mass is 347 g/mol.